The molecule has 4 aliphatic rings. The topological polar surface area (TPSA) is 138 Å². The molecular weight excluding hydrogens is 849 g/mol. The molecule has 2 aliphatic heterocycles. The minimum atomic E-state index is -1.41. The van der Waals surface area contributed by atoms with E-state index >= 15 is 0 Å². The number of allylic oxidation sites excluding steroid dienone is 1. The van der Waals surface area contributed by atoms with Crippen LogP contribution in [0.4, 0.5) is 4.79 Å². The van der Waals surface area contributed by atoms with Crippen LogP contribution in [0.1, 0.15) is 94.6 Å². The fourth-order valence-electron chi connectivity index (χ4n) is 10.6. The first-order valence-corrected chi connectivity index (χ1v) is 24.5. The summed E-state index contributed by atoms with van der Waals surface area (Å²) in [7, 11) is 0. The first kappa shape index (κ1) is 48.2. The maximum atomic E-state index is 14.6. The summed E-state index contributed by atoms with van der Waals surface area (Å²) in [5.74, 6) is 0.0736. The van der Waals surface area contributed by atoms with Crippen LogP contribution in [0.15, 0.2) is 120 Å². The van der Waals surface area contributed by atoms with E-state index in [0.29, 0.717) is 56.2 Å². The van der Waals surface area contributed by atoms with E-state index in [9.17, 15) is 15.0 Å². The number of amides is 1. The molecule has 12 heteroatoms. The first-order valence-electron chi connectivity index (χ1n) is 24.5. The molecule has 2 aliphatic carbocycles. The number of carbonyl (C=O) groups excluding carboxylic acids is 1. The Bertz CT molecular complexity index is 2300. The number of benzene rings is 4. The molecule has 0 bridgehead atoms. The number of carbonyl (C=O) groups is 1. The molecule has 2 heterocycles. The number of rotatable bonds is 23. The van der Waals surface area contributed by atoms with E-state index in [0.717, 1.165) is 78.2 Å². The molecule has 67 heavy (non-hydrogen) atoms. The first-order chi connectivity index (χ1) is 33.0. The zero-order chi connectivity index (χ0) is 46.4. The van der Waals surface area contributed by atoms with Crippen molar-refractivity contribution < 1.29 is 48.3 Å². The van der Waals surface area contributed by atoms with Crippen molar-refractivity contribution in [2.75, 3.05) is 46.2 Å². The Morgan fingerprint density at radius 3 is 2.46 bits per heavy atom. The summed E-state index contributed by atoms with van der Waals surface area (Å²) in [6.45, 7) is 8.13. The number of nitrogens with zero attached hydrogens (tertiary/aromatic N) is 2. The van der Waals surface area contributed by atoms with E-state index in [1.54, 1.807) is 11.0 Å². The zero-order valence-electron chi connectivity index (χ0n) is 39.0. The molecular formula is C55H68N2O10. The summed E-state index contributed by atoms with van der Waals surface area (Å²) in [4.78, 5) is 22.7. The Hall–Kier alpha value is -5.24. The van der Waals surface area contributed by atoms with Crippen LogP contribution in [0.2, 0.25) is 0 Å². The number of aliphatic hydroxyl groups excluding tert-OH is 2. The molecule has 12 nitrogen and oxygen atoms in total. The van der Waals surface area contributed by atoms with Gasteiger partial charge >= 0.3 is 6.09 Å². The highest BCUT2D eigenvalue weighted by molar-refractivity contribution is 6.03. The van der Waals surface area contributed by atoms with Gasteiger partial charge in [0.15, 0.2) is 0 Å². The number of unbranched alkanes of at least 4 members (excludes halogenated alkanes) is 2. The maximum Gasteiger partial charge on any atom is 0.410 e. The van der Waals surface area contributed by atoms with E-state index in [1.165, 1.54) is 0 Å². The second-order valence-electron chi connectivity index (χ2n) is 18.1. The molecule has 0 spiro atoms. The lowest BCUT2D eigenvalue weighted by atomic mass is 9.55. The van der Waals surface area contributed by atoms with Crippen molar-refractivity contribution in [2.24, 2.45) is 22.9 Å². The quantitative estimate of drug-likeness (QED) is 0.0420. The highest BCUT2D eigenvalue weighted by Crippen LogP contribution is 2.62. The number of hydrogen-bond donors (Lipinski definition) is 2. The van der Waals surface area contributed by atoms with Crippen LogP contribution < -0.4 is 9.47 Å². The fourth-order valence-corrected chi connectivity index (χ4v) is 10.6. The van der Waals surface area contributed by atoms with Crippen molar-refractivity contribution in [2.45, 2.75) is 108 Å². The average molecular weight is 917 g/mol. The molecule has 358 valence electrons. The lowest BCUT2D eigenvalue weighted by Crippen LogP contribution is -2.70. The van der Waals surface area contributed by atoms with Gasteiger partial charge in [0.25, 0.3) is 0 Å². The molecule has 1 unspecified atom stereocenters. The highest BCUT2D eigenvalue weighted by Gasteiger charge is 2.65. The SMILES string of the molecule is C=CCO[C@@]12Oc3ccc(Oc4ccc5ccccc5c4)cc3[C@H]3[C@H](CCCCO)[C@@H](CCCCO)C=C(C(=NOC4CCCCO4)C[C@@H]1N(CCC)C(=O)OCCOCc1ccccc1)[C@H]32. The third kappa shape index (κ3) is 11.4. The molecule has 0 radical (unpaired) electrons. The molecule has 2 N–H and O–H groups in total. The lowest BCUT2D eigenvalue weighted by Gasteiger charge is -2.60. The van der Waals surface area contributed by atoms with Crippen LogP contribution in [0.3, 0.4) is 0 Å². The Labute approximate surface area is 395 Å². The second-order valence-corrected chi connectivity index (χ2v) is 18.1. The van der Waals surface area contributed by atoms with Crippen molar-refractivity contribution >= 4 is 22.6 Å². The molecule has 2 fully saturated rings. The van der Waals surface area contributed by atoms with Crippen LogP contribution in [-0.4, -0.2) is 91.2 Å². The van der Waals surface area contributed by atoms with Gasteiger partial charge in [-0.1, -0.05) is 97.7 Å². The van der Waals surface area contributed by atoms with Crippen LogP contribution in [0.25, 0.3) is 10.8 Å². The standard InChI is InChI=1S/C55H68N2O10/c1-3-27-57(54(60)63-33-32-61-38-39-16-6-5-7-17-39)50-37-48(56-67-51-22-12-15-31-62-51)46-35-42(20-10-13-28-58)45(21-11-14-29-59)52-47-36-44(65-43-24-23-40-18-8-9-19-41(40)34-43)25-26-49(47)66-55(50,53(46)52)64-30-4-2/h4-9,16-19,23-26,34-36,42,45,50-53,58-59H,2-3,10-15,20-22,27-33,37-38H2,1H3/t42-,45+,50-,51?,52+,53+,55+/m0/s1. The van der Waals surface area contributed by atoms with Gasteiger partial charge in [-0.3, -0.25) is 4.90 Å². The van der Waals surface area contributed by atoms with Crippen molar-refractivity contribution in [3.63, 3.8) is 0 Å². The number of aliphatic hydroxyl groups is 2. The van der Waals surface area contributed by atoms with Gasteiger partial charge in [-0.2, -0.15) is 0 Å². The largest absolute Gasteiger partial charge is 0.459 e. The summed E-state index contributed by atoms with van der Waals surface area (Å²) >= 11 is 0. The number of ether oxygens (including phenoxy) is 6. The molecule has 1 amide bonds. The van der Waals surface area contributed by atoms with E-state index in [4.69, 9.17) is 38.4 Å². The Balaban J connectivity index is 1.23. The van der Waals surface area contributed by atoms with Crippen LogP contribution in [0.5, 0.6) is 17.2 Å². The number of fused-ring (bicyclic) bond motifs is 3. The van der Waals surface area contributed by atoms with Crippen LogP contribution in [-0.2, 0) is 30.4 Å². The van der Waals surface area contributed by atoms with Crippen molar-refractivity contribution in [1.82, 2.24) is 4.90 Å². The average Bonchev–Trinajstić information content (AvgIpc) is 3.36. The van der Waals surface area contributed by atoms with Gasteiger partial charge in [0.2, 0.25) is 12.1 Å². The van der Waals surface area contributed by atoms with E-state index in [-0.39, 0.29) is 57.2 Å². The van der Waals surface area contributed by atoms with E-state index < -0.39 is 30.1 Å². The third-order valence-electron chi connectivity index (χ3n) is 13.7. The summed E-state index contributed by atoms with van der Waals surface area (Å²) in [5, 5.41) is 27.2. The van der Waals surface area contributed by atoms with Gasteiger partial charge in [0.1, 0.15) is 29.9 Å². The van der Waals surface area contributed by atoms with Crippen molar-refractivity contribution in [3.8, 4) is 17.2 Å². The summed E-state index contributed by atoms with van der Waals surface area (Å²) in [6, 6.07) is 29.5. The molecule has 1 saturated carbocycles. The molecule has 4 aromatic rings. The Morgan fingerprint density at radius 2 is 1.69 bits per heavy atom. The van der Waals surface area contributed by atoms with Gasteiger partial charge in [-0.05, 0) is 109 Å². The van der Waals surface area contributed by atoms with Gasteiger partial charge in [-0.15, -0.1) is 6.58 Å². The van der Waals surface area contributed by atoms with Crippen molar-refractivity contribution in [3.05, 3.63) is 126 Å². The molecule has 4 aromatic carbocycles. The molecule has 1 saturated heterocycles. The van der Waals surface area contributed by atoms with Gasteiger partial charge < -0.3 is 43.5 Å². The number of hydrogen-bond acceptors (Lipinski definition) is 11. The van der Waals surface area contributed by atoms with Gasteiger partial charge in [-0.25, -0.2) is 4.79 Å². The fraction of sp³-hybridized carbons (Fsp3) is 0.491. The van der Waals surface area contributed by atoms with Crippen molar-refractivity contribution in [1.29, 1.82) is 0 Å². The Kier molecular flexibility index (Phi) is 17.0. The molecule has 8 rings (SSSR count). The van der Waals surface area contributed by atoms with Crippen LogP contribution >= 0.6 is 0 Å². The van der Waals surface area contributed by atoms with Crippen LogP contribution in [0, 0.1) is 17.8 Å². The minimum Gasteiger partial charge on any atom is -0.459 e. The normalized spacial score (nSPS) is 24.8. The predicted molar refractivity (Wildman–Crippen MR) is 258 cm³/mol. The Morgan fingerprint density at radius 1 is 0.910 bits per heavy atom. The lowest BCUT2D eigenvalue weighted by molar-refractivity contribution is -0.255. The summed E-state index contributed by atoms with van der Waals surface area (Å²) in [5.41, 5.74) is 3.68. The predicted octanol–water partition coefficient (Wildman–Crippen LogP) is 10.9. The van der Waals surface area contributed by atoms with E-state index in [1.807, 2.05) is 67.6 Å². The molecule has 7 atom stereocenters. The zero-order valence-corrected chi connectivity index (χ0v) is 39.0. The van der Waals surface area contributed by atoms with Gasteiger partial charge in [0, 0.05) is 44.1 Å². The molecule has 0 aromatic heterocycles. The summed E-state index contributed by atoms with van der Waals surface area (Å²) in [6.07, 6.45) is 11.3. The second kappa shape index (κ2) is 23.7. The number of oxime groups is 1. The monoisotopic (exact) mass is 916 g/mol. The smallest absolute Gasteiger partial charge is 0.410 e. The van der Waals surface area contributed by atoms with E-state index in [2.05, 4.69) is 43.0 Å². The highest BCUT2D eigenvalue weighted by atomic mass is 16.8. The van der Waals surface area contributed by atoms with Gasteiger partial charge in [0.05, 0.1) is 38.1 Å². The minimum absolute atomic E-state index is 0.0557. The maximum absolute atomic E-state index is 14.6. The third-order valence-corrected chi connectivity index (χ3v) is 13.7. The summed E-state index contributed by atoms with van der Waals surface area (Å²) < 4.78 is 39.2.